The van der Waals surface area contributed by atoms with Gasteiger partial charge in [-0.2, -0.15) is 5.53 Å². The van der Waals surface area contributed by atoms with Gasteiger partial charge in [-0.1, -0.05) is 31.5 Å². The molecule has 11 heavy (non-hydrogen) atoms. The molecule has 0 aliphatic carbocycles. The van der Waals surface area contributed by atoms with Crippen LogP contribution in [0.2, 0.25) is 0 Å². The number of amidine groups is 1. The molecule has 64 valence electrons. The first kappa shape index (κ1) is 10.4. The van der Waals surface area contributed by atoms with Gasteiger partial charge in [0.2, 0.25) is 0 Å². The zero-order valence-electron chi connectivity index (χ0n) is 6.71. The molecule has 0 aromatic rings. The molecule has 0 atom stereocenters. The molecule has 0 saturated heterocycles. The first-order chi connectivity index (χ1) is 5.31. The van der Waals surface area contributed by atoms with Crippen molar-refractivity contribution in [1.82, 2.24) is 0 Å². The van der Waals surface area contributed by atoms with Crippen molar-refractivity contribution < 1.29 is 0 Å². The Morgan fingerprint density at radius 3 is 2.82 bits per heavy atom. The van der Waals surface area contributed by atoms with Crippen LogP contribution in [0.15, 0.2) is 10.3 Å². The minimum absolute atomic E-state index is 0.385. The second kappa shape index (κ2) is 7.53. The predicted molar refractivity (Wildman–Crippen MR) is 48.8 cm³/mol. The Morgan fingerprint density at radius 1 is 1.55 bits per heavy atom. The van der Waals surface area contributed by atoms with Crippen molar-refractivity contribution in [2.45, 2.75) is 26.2 Å². The van der Waals surface area contributed by atoms with Gasteiger partial charge in [0.25, 0.3) is 0 Å². The molecule has 0 aromatic carbocycles. The molecular weight excluding hydrogens is 160 g/mol. The first-order valence-electron chi connectivity index (χ1n) is 3.64. The van der Waals surface area contributed by atoms with E-state index in [0.717, 1.165) is 12.2 Å². The monoisotopic (exact) mass is 174 g/mol. The molecule has 0 rings (SSSR count). The highest BCUT2D eigenvalue weighted by molar-refractivity contribution is 8.13. The van der Waals surface area contributed by atoms with Crippen LogP contribution in [0.25, 0.3) is 0 Å². The maximum Gasteiger partial charge on any atom is 0.182 e. The van der Waals surface area contributed by atoms with E-state index in [4.69, 9.17) is 11.3 Å². The summed E-state index contributed by atoms with van der Waals surface area (Å²) in [6.45, 7) is 2.15. The van der Waals surface area contributed by atoms with Crippen molar-refractivity contribution in [3.63, 3.8) is 0 Å². The van der Waals surface area contributed by atoms with Crippen LogP contribution < -0.4 is 5.73 Å². The second-order valence-electron chi connectivity index (χ2n) is 2.09. The van der Waals surface area contributed by atoms with Crippen LogP contribution in [0, 0.1) is 5.53 Å². The predicted octanol–water partition coefficient (Wildman–Crippen LogP) is 2.17. The summed E-state index contributed by atoms with van der Waals surface area (Å²) in [6.07, 6.45) is 3.58. The minimum atomic E-state index is 0.385. The van der Waals surface area contributed by atoms with E-state index < -0.39 is 0 Å². The van der Waals surface area contributed by atoms with Gasteiger partial charge in [0.15, 0.2) is 5.17 Å². The van der Waals surface area contributed by atoms with E-state index in [1.807, 2.05) is 0 Å². The molecular formula is C6H14N4S. The van der Waals surface area contributed by atoms with Crippen LogP contribution in [0.1, 0.15) is 26.2 Å². The fourth-order valence-corrected chi connectivity index (χ4v) is 1.26. The highest BCUT2D eigenvalue weighted by Gasteiger charge is 1.92. The summed E-state index contributed by atoms with van der Waals surface area (Å²) in [6, 6.07) is 0. The highest BCUT2D eigenvalue weighted by atomic mass is 32.2. The summed E-state index contributed by atoms with van der Waals surface area (Å²) in [7, 11) is 0. The quantitative estimate of drug-likeness (QED) is 0.220. The lowest BCUT2D eigenvalue weighted by atomic mass is 10.3. The Balaban J connectivity index is 3.23. The van der Waals surface area contributed by atoms with Gasteiger partial charge in [0.1, 0.15) is 0 Å². The number of hydrogen-bond acceptors (Lipinski definition) is 3. The molecule has 0 aliphatic rings. The van der Waals surface area contributed by atoms with Gasteiger partial charge < -0.3 is 5.73 Å². The summed E-state index contributed by atoms with van der Waals surface area (Å²) in [5.74, 6) is 0.971. The highest BCUT2D eigenvalue weighted by Crippen LogP contribution is 2.05. The molecule has 0 unspecified atom stereocenters. The smallest absolute Gasteiger partial charge is 0.182 e. The van der Waals surface area contributed by atoms with Gasteiger partial charge in [-0.3, -0.25) is 0 Å². The van der Waals surface area contributed by atoms with E-state index in [0.29, 0.717) is 5.17 Å². The number of unbranched alkanes of at least 4 members (excludes halogenated alkanes) is 2. The third-order valence-corrected chi connectivity index (χ3v) is 2.02. The zero-order chi connectivity index (χ0) is 8.53. The van der Waals surface area contributed by atoms with Gasteiger partial charge in [0.05, 0.1) is 0 Å². The molecule has 4 nitrogen and oxygen atoms in total. The maximum atomic E-state index is 6.39. The molecule has 0 saturated carbocycles. The summed E-state index contributed by atoms with van der Waals surface area (Å²) >= 11 is 1.45. The molecule has 5 heteroatoms. The van der Waals surface area contributed by atoms with Gasteiger partial charge >= 0.3 is 0 Å². The molecule has 0 heterocycles. The van der Waals surface area contributed by atoms with Crippen molar-refractivity contribution in [2.75, 3.05) is 5.75 Å². The number of nitrogens with zero attached hydrogens (tertiary/aromatic N) is 2. The average Bonchev–Trinajstić information content (AvgIpc) is 1.99. The third-order valence-electron chi connectivity index (χ3n) is 1.15. The Morgan fingerprint density at radius 2 is 2.27 bits per heavy atom. The van der Waals surface area contributed by atoms with E-state index in [2.05, 4.69) is 17.2 Å². The molecule has 3 N–H and O–H groups in total. The summed E-state index contributed by atoms with van der Waals surface area (Å²) in [4.78, 5) is 0. The van der Waals surface area contributed by atoms with Crippen molar-refractivity contribution in [3.8, 4) is 0 Å². The normalized spacial score (nSPS) is 11.5. The van der Waals surface area contributed by atoms with Gasteiger partial charge in [-0.05, 0) is 11.6 Å². The zero-order valence-corrected chi connectivity index (χ0v) is 7.52. The number of hydrogen-bond donors (Lipinski definition) is 2. The topological polar surface area (TPSA) is 74.6 Å². The standard InChI is InChI=1S/C6H14N4S/c1-2-3-4-5-11-6(7)9-10-8/h2-5H2,1H3,(H3,7,8,9). The molecule has 0 aliphatic heterocycles. The van der Waals surface area contributed by atoms with Crippen LogP contribution in [-0.4, -0.2) is 10.9 Å². The molecule has 0 spiro atoms. The molecule has 0 fully saturated rings. The lowest BCUT2D eigenvalue weighted by Gasteiger charge is -1.96. The number of nitrogens with one attached hydrogen (secondary N) is 1. The van der Waals surface area contributed by atoms with Crippen molar-refractivity contribution in [3.05, 3.63) is 0 Å². The van der Waals surface area contributed by atoms with Gasteiger partial charge in [-0.15, -0.1) is 5.10 Å². The second-order valence-corrected chi connectivity index (χ2v) is 3.21. The Labute approximate surface area is 71.1 Å². The Kier molecular flexibility index (Phi) is 7.13. The van der Waals surface area contributed by atoms with Crippen LogP contribution >= 0.6 is 11.8 Å². The summed E-state index contributed by atoms with van der Waals surface area (Å²) < 4.78 is 0. The Hall–Kier alpha value is -0.580. The van der Waals surface area contributed by atoms with Crippen LogP contribution in [0.3, 0.4) is 0 Å². The fraction of sp³-hybridized carbons (Fsp3) is 0.833. The van der Waals surface area contributed by atoms with Crippen molar-refractivity contribution in [1.29, 1.82) is 5.53 Å². The van der Waals surface area contributed by atoms with E-state index >= 15 is 0 Å². The largest absolute Gasteiger partial charge is 0.377 e. The summed E-state index contributed by atoms with van der Waals surface area (Å²) in [5.41, 5.74) is 11.8. The van der Waals surface area contributed by atoms with Gasteiger partial charge in [0, 0.05) is 5.75 Å². The Bertz CT molecular complexity index is 135. The maximum absolute atomic E-state index is 6.39. The van der Waals surface area contributed by atoms with Crippen molar-refractivity contribution in [2.24, 2.45) is 16.1 Å². The molecule has 0 radical (unpaired) electrons. The molecule has 0 bridgehead atoms. The lowest BCUT2D eigenvalue weighted by Crippen LogP contribution is -2.06. The third kappa shape index (κ3) is 7.32. The number of nitrogens with two attached hydrogens (primary N) is 1. The molecule has 0 amide bonds. The fourth-order valence-electron chi connectivity index (χ4n) is 0.607. The summed E-state index contributed by atoms with van der Waals surface area (Å²) in [5, 5.41) is 6.58. The van der Waals surface area contributed by atoms with Crippen LogP contribution in [-0.2, 0) is 0 Å². The van der Waals surface area contributed by atoms with E-state index in [1.54, 1.807) is 0 Å². The van der Waals surface area contributed by atoms with E-state index in [9.17, 15) is 0 Å². The van der Waals surface area contributed by atoms with Crippen LogP contribution in [0.5, 0.6) is 0 Å². The SMILES string of the molecule is CCCCCSC(N)=NN=N. The van der Waals surface area contributed by atoms with Crippen LogP contribution in [0.4, 0.5) is 0 Å². The molecule has 0 aromatic heterocycles. The average molecular weight is 174 g/mol. The van der Waals surface area contributed by atoms with Gasteiger partial charge in [-0.25, -0.2) is 0 Å². The number of thioether (sulfide) groups is 1. The minimum Gasteiger partial charge on any atom is -0.377 e. The van der Waals surface area contributed by atoms with E-state index in [-0.39, 0.29) is 0 Å². The van der Waals surface area contributed by atoms with Crippen molar-refractivity contribution >= 4 is 16.9 Å². The van der Waals surface area contributed by atoms with E-state index in [1.165, 1.54) is 24.6 Å². The lowest BCUT2D eigenvalue weighted by molar-refractivity contribution is 0.779. The first-order valence-corrected chi connectivity index (χ1v) is 4.62. The number of rotatable bonds is 5.